The molecule has 0 bridgehead atoms. The molecule has 2 atom stereocenters. The predicted molar refractivity (Wildman–Crippen MR) is 68.5 cm³/mol. The molecule has 0 fully saturated rings. The Morgan fingerprint density at radius 1 is 1.06 bits per heavy atom. The van der Waals surface area contributed by atoms with Crippen LogP contribution in [-0.4, -0.2) is 17.0 Å². The molecule has 0 radical (unpaired) electrons. The number of benzene rings is 1. The molecule has 1 aromatic heterocycles. The summed E-state index contributed by atoms with van der Waals surface area (Å²) in [5.74, 6) is 0.681. The van der Waals surface area contributed by atoms with E-state index in [1.54, 1.807) is 6.20 Å². The maximum absolute atomic E-state index is 5.94. The third kappa shape index (κ3) is 1.37. The van der Waals surface area contributed by atoms with Crippen LogP contribution in [0.1, 0.15) is 22.9 Å². The van der Waals surface area contributed by atoms with Gasteiger partial charge in [-0.3, -0.25) is 4.98 Å². The number of fused-ring (bicyclic) bond motifs is 3. The summed E-state index contributed by atoms with van der Waals surface area (Å²) in [5, 5.41) is 0. The number of hydrogen-bond acceptors (Lipinski definition) is 3. The first-order valence-corrected chi connectivity index (χ1v) is 6.15. The van der Waals surface area contributed by atoms with E-state index in [2.05, 4.69) is 29.2 Å². The Labute approximate surface area is 105 Å². The van der Waals surface area contributed by atoms with E-state index in [0.29, 0.717) is 5.90 Å². The average Bonchev–Trinajstić information content (AvgIpc) is 2.97. The zero-order valence-electron chi connectivity index (χ0n) is 9.78. The van der Waals surface area contributed by atoms with Gasteiger partial charge >= 0.3 is 0 Å². The van der Waals surface area contributed by atoms with Crippen molar-refractivity contribution in [3.63, 3.8) is 0 Å². The standard InChI is InChI=1S/C15H12N2O/c1-2-6-11-10(5-1)9-13-14(11)17-15(18-13)12-7-3-4-8-16-12/h1-8,13-14H,9H2/t13-,14+/m1/s1. The van der Waals surface area contributed by atoms with Crippen LogP contribution in [0.25, 0.3) is 0 Å². The van der Waals surface area contributed by atoms with Gasteiger partial charge in [-0.15, -0.1) is 0 Å². The molecule has 1 aliphatic carbocycles. The smallest absolute Gasteiger partial charge is 0.236 e. The summed E-state index contributed by atoms with van der Waals surface area (Å²) in [6.45, 7) is 0. The van der Waals surface area contributed by atoms with Crippen molar-refractivity contribution < 1.29 is 4.74 Å². The molecular formula is C15H12N2O. The molecule has 2 heterocycles. The quantitative estimate of drug-likeness (QED) is 0.762. The lowest BCUT2D eigenvalue weighted by Gasteiger charge is -2.08. The number of nitrogens with zero attached hydrogens (tertiary/aromatic N) is 2. The fourth-order valence-corrected chi connectivity index (χ4v) is 2.71. The molecule has 0 saturated carbocycles. The summed E-state index contributed by atoms with van der Waals surface area (Å²) < 4.78 is 5.94. The van der Waals surface area contributed by atoms with Crippen LogP contribution in [-0.2, 0) is 11.2 Å². The highest BCUT2D eigenvalue weighted by Gasteiger charge is 2.39. The van der Waals surface area contributed by atoms with Crippen molar-refractivity contribution in [3.8, 4) is 0 Å². The zero-order valence-corrected chi connectivity index (χ0v) is 9.78. The summed E-state index contributed by atoms with van der Waals surface area (Å²) in [6.07, 6.45) is 2.86. The number of hydrogen-bond donors (Lipinski definition) is 0. The molecular weight excluding hydrogens is 224 g/mol. The molecule has 3 nitrogen and oxygen atoms in total. The van der Waals surface area contributed by atoms with Crippen LogP contribution in [0.2, 0.25) is 0 Å². The van der Waals surface area contributed by atoms with Crippen molar-refractivity contribution >= 4 is 5.90 Å². The van der Waals surface area contributed by atoms with Crippen LogP contribution < -0.4 is 0 Å². The first-order chi connectivity index (χ1) is 8.92. The van der Waals surface area contributed by atoms with Gasteiger partial charge in [0.15, 0.2) is 0 Å². The van der Waals surface area contributed by atoms with Crippen molar-refractivity contribution in [2.24, 2.45) is 4.99 Å². The Balaban J connectivity index is 1.74. The van der Waals surface area contributed by atoms with Gasteiger partial charge in [0, 0.05) is 12.6 Å². The number of pyridine rings is 1. The van der Waals surface area contributed by atoms with E-state index < -0.39 is 0 Å². The highest BCUT2D eigenvalue weighted by Crippen LogP contribution is 2.40. The molecule has 2 aromatic rings. The molecule has 0 saturated heterocycles. The summed E-state index contributed by atoms with van der Waals surface area (Å²) in [7, 11) is 0. The summed E-state index contributed by atoms with van der Waals surface area (Å²) >= 11 is 0. The molecule has 1 aliphatic heterocycles. The van der Waals surface area contributed by atoms with Gasteiger partial charge in [0.1, 0.15) is 17.8 Å². The Kier molecular flexibility index (Phi) is 2.00. The second-order valence-corrected chi connectivity index (χ2v) is 4.65. The van der Waals surface area contributed by atoms with E-state index in [9.17, 15) is 0 Å². The lowest BCUT2D eigenvalue weighted by Crippen LogP contribution is -2.14. The highest BCUT2D eigenvalue weighted by atomic mass is 16.5. The van der Waals surface area contributed by atoms with Crippen molar-refractivity contribution in [2.45, 2.75) is 18.6 Å². The third-order valence-electron chi connectivity index (χ3n) is 3.55. The van der Waals surface area contributed by atoms with Crippen molar-refractivity contribution in [3.05, 3.63) is 65.5 Å². The van der Waals surface area contributed by atoms with Crippen molar-refractivity contribution in [1.29, 1.82) is 0 Å². The van der Waals surface area contributed by atoms with Gasteiger partial charge in [0.05, 0.1) is 0 Å². The minimum atomic E-state index is 0.151. The van der Waals surface area contributed by atoms with Gasteiger partial charge in [0.2, 0.25) is 5.90 Å². The van der Waals surface area contributed by atoms with Crippen molar-refractivity contribution in [2.75, 3.05) is 0 Å². The molecule has 88 valence electrons. The number of aromatic nitrogens is 1. The normalized spacial score (nSPS) is 24.1. The van der Waals surface area contributed by atoms with E-state index in [1.807, 2.05) is 18.2 Å². The van der Waals surface area contributed by atoms with Gasteiger partial charge in [-0.2, -0.15) is 0 Å². The first-order valence-electron chi connectivity index (χ1n) is 6.15. The van der Waals surface area contributed by atoms with Gasteiger partial charge in [0.25, 0.3) is 0 Å². The number of ether oxygens (including phenoxy) is 1. The van der Waals surface area contributed by atoms with Crippen LogP contribution in [0.4, 0.5) is 0 Å². The summed E-state index contributed by atoms with van der Waals surface area (Å²) in [4.78, 5) is 8.98. The minimum Gasteiger partial charge on any atom is -0.470 e. The molecule has 18 heavy (non-hydrogen) atoms. The molecule has 3 heteroatoms. The third-order valence-corrected chi connectivity index (χ3v) is 3.55. The van der Waals surface area contributed by atoms with E-state index in [1.165, 1.54) is 11.1 Å². The van der Waals surface area contributed by atoms with Gasteiger partial charge in [-0.25, -0.2) is 4.99 Å². The topological polar surface area (TPSA) is 34.5 Å². The van der Waals surface area contributed by atoms with Crippen LogP contribution >= 0.6 is 0 Å². The van der Waals surface area contributed by atoms with Gasteiger partial charge in [-0.1, -0.05) is 30.3 Å². The molecule has 0 unspecified atom stereocenters. The van der Waals surface area contributed by atoms with E-state index in [-0.39, 0.29) is 12.1 Å². The number of aliphatic imine (C=N–C) groups is 1. The monoisotopic (exact) mass is 236 g/mol. The average molecular weight is 236 g/mol. The largest absolute Gasteiger partial charge is 0.470 e. The fraction of sp³-hybridized carbons (Fsp3) is 0.200. The first kappa shape index (κ1) is 9.83. The molecule has 1 aromatic carbocycles. The van der Waals surface area contributed by atoms with E-state index in [4.69, 9.17) is 9.73 Å². The Morgan fingerprint density at radius 3 is 2.83 bits per heavy atom. The van der Waals surface area contributed by atoms with Crippen LogP contribution in [0.3, 0.4) is 0 Å². The minimum absolute atomic E-state index is 0.151. The molecule has 0 spiro atoms. The SMILES string of the molecule is c1ccc(C2=N[C@H]3c4ccccc4C[C@H]3O2)nc1. The summed E-state index contributed by atoms with van der Waals surface area (Å²) in [5.41, 5.74) is 3.48. The molecule has 0 N–H and O–H groups in total. The maximum Gasteiger partial charge on any atom is 0.236 e. The second kappa shape index (κ2) is 3.67. The maximum atomic E-state index is 5.94. The lowest BCUT2D eigenvalue weighted by molar-refractivity contribution is 0.206. The summed E-state index contributed by atoms with van der Waals surface area (Å²) in [6, 6.07) is 14.4. The van der Waals surface area contributed by atoms with E-state index >= 15 is 0 Å². The zero-order chi connectivity index (χ0) is 11.9. The molecule has 2 aliphatic rings. The Bertz CT molecular complexity index is 621. The predicted octanol–water partition coefficient (Wildman–Crippen LogP) is 2.52. The molecule has 4 rings (SSSR count). The van der Waals surface area contributed by atoms with Crippen LogP contribution in [0, 0.1) is 0 Å². The Hall–Kier alpha value is -2.16. The van der Waals surface area contributed by atoms with Gasteiger partial charge in [-0.05, 0) is 23.3 Å². The fourth-order valence-electron chi connectivity index (χ4n) is 2.71. The van der Waals surface area contributed by atoms with Gasteiger partial charge < -0.3 is 4.74 Å². The van der Waals surface area contributed by atoms with Crippen LogP contribution in [0.5, 0.6) is 0 Å². The van der Waals surface area contributed by atoms with Crippen molar-refractivity contribution in [1.82, 2.24) is 4.98 Å². The number of rotatable bonds is 1. The second-order valence-electron chi connectivity index (χ2n) is 4.65. The lowest BCUT2D eigenvalue weighted by atomic mass is 10.1. The Morgan fingerprint density at radius 2 is 1.94 bits per heavy atom. The molecule has 0 amide bonds. The van der Waals surface area contributed by atoms with Crippen LogP contribution in [0.15, 0.2) is 53.7 Å². The highest BCUT2D eigenvalue weighted by molar-refractivity contribution is 5.93. The van der Waals surface area contributed by atoms with E-state index in [0.717, 1.165) is 12.1 Å².